The van der Waals surface area contributed by atoms with Gasteiger partial charge in [0.05, 0.1) is 25.5 Å². The first kappa shape index (κ1) is 25.5. The van der Waals surface area contributed by atoms with Gasteiger partial charge in [0.2, 0.25) is 5.91 Å². The van der Waals surface area contributed by atoms with Crippen LogP contribution < -0.4 is 19.7 Å². The third kappa shape index (κ3) is 7.20. The summed E-state index contributed by atoms with van der Waals surface area (Å²) in [7, 11) is 0. The van der Waals surface area contributed by atoms with E-state index < -0.39 is 0 Å². The van der Waals surface area contributed by atoms with Crippen LogP contribution in [0.2, 0.25) is 0 Å². The van der Waals surface area contributed by atoms with Crippen LogP contribution in [0.25, 0.3) is 0 Å². The molecule has 1 N–H and O–H groups in total. The number of carbonyl (C=O) groups excluding carboxylic acids is 1. The second-order valence-corrected chi connectivity index (χ2v) is 9.09. The molecule has 0 saturated carbocycles. The molecule has 4 rings (SSSR count). The van der Waals surface area contributed by atoms with E-state index in [1.807, 2.05) is 31.2 Å². The second-order valence-electron chi connectivity index (χ2n) is 9.09. The summed E-state index contributed by atoms with van der Waals surface area (Å²) in [5, 5.41) is 2.91. The number of aryl methyl sites for hydroxylation is 2. The number of benzene rings is 2. The number of para-hydroxylation sites is 2. The van der Waals surface area contributed by atoms with Crippen LogP contribution >= 0.6 is 0 Å². The smallest absolute Gasteiger partial charge is 0.225 e. The molecular weight excluding hydrogens is 452 g/mol. The van der Waals surface area contributed by atoms with E-state index in [4.69, 9.17) is 9.47 Å². The van der Waals surface area contributed by atoms with Crippen molar-refractivity contribution < 1.29 is 14.3 Å². The van der Waals surface area contributed by atoms with Gasteiger partial charge in [0.1, 0.15) is 11.9 Å². The molecule has 1 aromatic heterocycles. The number of hydrogen-bond acceptors (Lipinski definition) is 6. The van der Waals surface area contributed by atoms with Gasteiger partial charge in [0.25, 0.3) is 0 Å². The molecule has 1 aliphatic heterocycles. The lowest BCUT2D eigenvalue weighted by molar-refractivity contribution is -0.116. The van der Waals surface area contributed by atoms with Gasteiger partial charge in [-0.05, 0) is 55.9 Å². The van der Waals surface area contributed by atoms with Gasteiger partial charge in [-0.3, -0.25) is 9.78 Å². The Hall–Kier alpha value is -3.61. The predicted octanol–water partition coefficient (Wildman–Crippen LogP) is 5.45. The molecule has 1 fully saturated rings. The van der Waals surface area contributed by atoms with Crippen molar-refractivity contribution in [2.24, 2.45) is 0 Å². The van der Waals surface area contributed by atoms with Crippen molar-refractivity contribution in [3.63, 3.8) is 0 Å². The van der Waals surface area contributed by atoms with Crippen molar-refractivity contribution in [1.29, 1.82) is 0 Å². The molecule has 0 aliphatic carbocycles. The zero-order valence-electron chi connectivity index (χ0n) is 21.3. The Morgan fingerprint density at radius 3 is 2.53 bits per heavy atom. The molecule has 0 radical (unpaired) electrons. The van der Waals surface area contributed by atoms with Crippen LogP contribution in [-0.4, -0.2) is 41.7 Å². The molecule has 2 heterocycles. The minimum atomic E-state index is -0.0635. The van der Waals surface area contributed by atoms with E-state index >= 15 is 0 Å². The number of nitrogens with one attached hydrogen (secondary N) is 1. The van der Waals surface area contributed by atoms with E-state index in [0.29, 0.717) is 31.8 Å². The Balaban J connectivity index is 1.31. The standard InChI is InChI=1S/C29H36N4O3/c1-3-8-22-12-14-23(15-13-22)16-17-29(34)32-27-19-30-20-28(31-27)33-18-7-9-24(21-33)36-26-11-6-5-10-25(26)35-4-2/h5-6,10-15,19-20,24H,3-4,7-9,16-18,21H2,1-2H3,(H,31,32,34). The van der Waals surface area contributed by atoms with Gasteiger partial charge in [0, 0.05) is 13.0 Å². The molecule has 2 aromatic carbocycles. The summed E-state index contributed by atoms with van der Waals surface area (Å²) >= 11 is 0. The molecule has 1 amide bonds. The van der Waals surface area contributed by atoms with Gasteiger partial charge in [-0.15, -0.1) is 0 Å². The van der Waals surface area contributed by atoms with Crippen LogP contribution in [0.4, 0.5) is 11.6 Å². The third-order valence-corrected chi connectivity index (χ3v) is 6.24. The van der Waals surface area contributed by atoms with E-state index in [2.05, 4.69) is 51.4 Å². The molecule has 1 atom stereocenters. The summed E-state index contributed by atoms with van der Waals surface area (Å²) in [4.78, 5) is 23.7. The number of nitrogens with zero attached hydrogens (tertiary/aromatic N) is 3. The molecule has 7 heteroatoms. The number of rotatable bonds is 11. The lowest BCUT2D eigenvalue weighted by Crippen LogP contribution is -2.41. The zero-order valence-corrected chi connectivity index (χ0v) is 21.3. The Morgan fingerprint density at radius 2 is 1.78 bits per heavy atom. The summed E-state index contributed by atoms with van der Waals surface area (Å²) in [6, 6.07) is 16.3. The van der Waals surface area contributed by atoms with Crippen molar-refractivity contribution in [3.05, 3.63) is 72.1 Å². The summed E-state index contributed by atoms with van der Waals surface area (Å²) in [5.74, 6) is 2.68. The number of amides is 1. The van der Waals surface area contributed by atoms with Crippen LogP contribution in [0.3, 0.4) is 0 Å². The minimum absolute atomic E-state index is 0.0177. The van der Waals surface area contributed by atoms with Gasteiger partial charge in [0.15, 0.2) is 17.3 Å². The van der Waals surface area contributed by atoms with E-state index in [-0.39, 0.29) is 12.0 Å². The van der Waals surface area contributed by atoms with Crippen molar-refractivity contribution >= 4 is 17.5 Å². The molecule has 0 spiro atoms. The van der Waals surface area contributed by atoms with Crippen LogP contribution in [-0.2, 0) is 17.6 Å². The first-order valence-electron chi connectivity index (χ1n) is 13.0. The normalized spacial score (nSPS) is 15.4. The fourth-order valence-corrected chi connectivity index (χ4v) is 4.44. The topological polar surface area (TPSA) is 76.6 Å². The first-order valence-corrected chi connectivity index (χ1v) is 13.0. The Bertz CT molecular complexity index is 1120. The van der Waals surface area contributed by atoms with Gasteiger partial charge in [-0.1, -0.05) is 49.7 Å². The fourth-order valence-electron chi connectivity index (χ4n) is 4.44. The van der Waals surface area contributed by atoms with Crippen molar-refractivity contribution in [3.8, 4) is 11.5 Å². The average molecular weight is 489 g/mol. The average Bonchev–Trinajstić information content (AvgIpc) is 2.90. The molecule has 0 bridgehead atoms. The SMILES string of the molecule is CCCc1ccc(CCC(=O)Nc2cncc(N3CCCC(Oc4ccccc4OCC)C3)n2)cc1. The summed E-state index contributed by atoms with van der Waals surface area (Å²) in [5.41, 5.74) is 2.50. The minimum Gasteiger partial charge on any atom is -0.490 e. The number of ether oxygens (including phenoxy) is 2. The number of piperidine rings is 1. The molecule has 1 unspecified atom stereocenters. The van der Waals surface area contributed by atoms with E-state index in [1.54, 1.807) is 12.4 Å². The van der Waals surface area contributed by atoms with Crippen molar-refractivity contribution in [2.75, 3.05) is 29.9 Å². The monoisotopic (exact) mass is 488 g/mol. The Kier molecular flexibility index (Phi) is 9.14. The number of anilines is 2. The molecular formula is C29H36N4O3. The highest BCUT2D eigenvalue weighted by atomic mass is 16.5. The van der Waals surface area contributed by atoms with E-state index in [9.17, 15) is 4.79 Å². The lowest BCUT2D eigenvalue weighted by Gasteiger charge is -2.33. The summed E-state index contributed by atoms with van der Waals surface area (Å²) in [6.45, 7) is 6.30. The first-order chi connectivity index (χ1) is 17.6. The van der Waals surface area contributed by atoms with Gasteiger partial charge in [-0.2, -0.15) is 0 Å². The van der Waals surface area contributed by atoms with Gasteiger partial charge < -0.3 is 19.7 Å². The van der Waals surface area contributed by atoms with Crippen molar-refractivity contribution in [1.82, 2.24) is 9.97 Å². The number of aromatic nitrogens is 2. The maximum Gasteiger partial charge on any atom is 0.225 e. The quantitative estimate of drug-likeness (QED) is 0.387. The highest BCUT2D eigenvalue weighted by molar-refractivity contribution is 5.89. The highest BCUT2D eigenvalue weighted by Gasteiger charge is 2.24. The molecule has 36 heavy (non-hydrogen) atoms. The van der Waals surface area contributed by atoms with Crippen molar-refractivity contribution in [2.45, 2.75) is 58.5 Å². The molecule has 190 valence electrons. The number of carbonyl (C=O) groups is 1. The summed E-state index contributed by atoms with van der Waals surface area (Å²) in [6.07, 6.45) is 8.61. The van der Waals surface area contributed by atoms with Gasteiger partial charge >= 0.3 is 0 Å². The van der Waals surface area contributed by atoms with Crippen LogP contribution in [0.5, 0.6) is 11.5 Å². The molecule has 1 saturated heterocycles. The maximum absolute atomic E-state index is 12.6. The molecule has 7 nitrogen and oxygen atoms in total. The number of hydrogen-bond donors (Lipinski definition) is 1. The molecule has 3 aromatic rings. The highest BCUT2D eigenvalue weighted by Crippen LogP contribution is 2.30. The van der Waals surface area contributed by atoms with E-state index in [0.717, 1.165) is 55.1 Å². The van der Waals surface area contributed by atoms with Gasteiger partial charge in [-0.25, -0.2) is 4.98 Å². The predicted molar refractivity (Wildman–Crippen MR) is 143 cm³/mol. The summed E-state index contributed by atoms with van der Waals surface area (Å²) < 4.78 is 12.0. The largest absolute Gasteiger partial charge is 0.490 e. The van der Waals surface area contributed by atoms with Crippen LogP contribution in [0.15, 0.2) is 60.9 Å². The third-order valence-electron chi connectivity index (χ3n) is 6.24. The van der Waals surface area contributed by atoms with E-state index in [1.165, 1.54) is 5.56 Å². The van der Waals surface area contributed by atoms with Crippen LogP contribution in [0.1, 0.15) is 50.7 Å². The second kappa shape index (κ2) is 12.9. The fraction of sp³-hybridized carbons (Fsp3) is 0.414. The lowest BCUT2D eigenvalue weighted by atomic mass is 10.0. The Labute approximate surface area is 213 Å². The maximum atomic E-state index is 12.6. The van der Waals surface area contributed by atoms with Crippen LogP contribution in [0, 0.1) is 0 Å². The zero-order chi connectivity index (χ0) is 25.2. The Morgan fingerprint density at radius 1 is 1.03 bits per heavy atom. The molecule has 1 aliphatic rings.